The molecule has 94 valence electrons. The van der Waals surface area contributed by atoms with Crippen LogP contribution < -0.4 is 0 Å². The fourth-order valence-electron chi connectivity index (χ4n) is 1.61. The molecular formula is C12H10ClFN2O2. The van der Waals surface area contributed by atoms with Gasteiger partial charge < -0.3 is 5.11 Å². The third-order valence-electron chi connectivity index (χ3n) is 2.52. The van der Waals surface area contributed by atoms with Gasteiger partial charge in [0.05, 0.1) is 16.4 Å². The first kappa shape index (κ1) is 12.6. The Kier molecular flexibility index (Phi) is 3.34. The van der Waals surface area contributed by atoms with Crippen LogP contribution in [0.4, 0.5) is 4.39 Å². The van der Waals surface area contributed by atoms with Gasteiger partial charge in [-0.1, -0.05) is 18.5 Å². The van der Waals surface area contributed by atoms with Crippen LogP contribution in [0.1, 0.15) is 23.0 Å². The molecule has 1 heterocycles. The molecule has 0 bridgehead atoms. The third kappa shape index (κ3) is 2.22. The molecule has 6 heteroatoms. The summed E-state index contributed by atoms with van der Waals surface area (Å²) in [7, 11) is 0. The maximum Gasteiger partial charge on any atom is 0.339 e. The molecule has 0 aliphatic heterocycles. The first-order chi connectivity index (χ1) is 8.52. The highest BCUT2D eigenvalue weighted by Gasteiger charge is 2.15. The van der Waals surface area contributed by atoms with Crippen LogP contribution in [-0.2, 0) is 6.42 Å². The maximum absolute atomic E-state index is 13.0. The van der Waals surface area contributed by atoms with E-state index in [9.17, 15) is 9.18 Å². The van der Waals surface area contributed by atoms with Crippen molar-refractivity contribution in [3.63, 3.8) is 0 Å². The second kappa shape index (κ2) is 4.78. The van der Waals surface area contributed by atoms with E-state index in [-0.39, 0.29) is 10.6 Å². The molecule has 1 N–H and O–H groups in total. The molecule has 0 unspecified atom stereocenters. The first-order valence-corrected chi connectivity index (χ1v) is 5.68. The summed E-state index contributed by atoms with van der Waals surface area (Å²) < 4.78 is 14.4. The van der Waals surface area contributed by atoms with Gasteiger partial charge in [0, 0.05) is 6.20 Å². The first-order valence-electron chi connectivity index (χ1n) is 5.30. The predicted molar refractivity (Wildman–Crippen MR) is 64.9 cm³/mol. The molecule has 0 saturated heterocycles. The molecule has 1 aromatic carbocycles. The van der Waals surface area contributed by atoms with Gasteiger partial charge in [-0.05, 0) is 24.6 Å². The van der Waals surface area contributed by atoms with E-state index in [1.165, 1.54) is 29.1 Å². The lowest BCUT2D eigenvalue weighted by Crippen LogP contribution is -1.98. The minimum Gasteiger partial charge on any atom is -0.478 e. The fraction of sp³-hybridized carbons (Fsp3) is 0.167. The smallest absolute Gasteiger partial charge is 0.339 e. The average molecular weight is 269 g/mol. The number of carboxylic acids is 1. The minimum absolute atomic E-state index is 0.0297. The van der Waals surface area contributed by atoms with Crippen LogP contribution in [0.3, 0.4) is 0 Å². The normalized spacial score (nSPS) is 10.6. The number of carboxylic acid groups (broad SMARTS) is 1. The predicted octanol–water partition coefficient (Wildman–Crippen LogP) is 2.93. The molecule has 0 spiro atoms. The summed E-state index contributed by atoms with van der Waals surface area (Å²) in [6.45, 7) is 1.82. The molecule has 18 heavy (non-hydrogen) atoms. The molecule has 0 fully saturated rings. The topological polar surface area (TPSA) is 55.1 Å². The molecule has 0 radical (unpaired) electrons. The monoisotopic (exact) mass is 268 g/mol. The summed E-state index contributed by atoms with van der Waals surface area (Å²) in [5.41, 5.74) is 1.13. The Morgan fingerprint density at radius 1 is 1.56 bits per heavy atom. The second-order valence-electron chi connectivity index (χ2n) is 3.69. The summed E-state index contributed by atoms with van der Waals surface area (Å²) in [6.07, 6.45) is 1.90. The lowest BCUT2D eigenvalue weighted by molar-refractivity contribution is 0.0695. The zero-order chi connectivity index (χ0) is 13.3. The molecule has 4 nitrogen and oxygen atoms in total. The van der Waals surface area contributed by atoms with Gasteiger partial charge >= 0.3 is 5.97 Å². The van der Waals surface area contributed by atoms with Crippen molar-refractivity contribution in [1.29, 1.82) is 0 Å². The SMILES string of the molecule is CCc1nn(-c2ccc(F)c(Cl)c2)cc1C(=O)O. The Morgan fingerprint density at radius 2 is 2.28 bits per heavy atom. The molecule has 0 atom stereocenters. The van der Waals surface area contributed by atoms with Crippen molar-refractivity contribution in [2.45, 2.75) is 13.3 Å². The number of aryl methyl sites for hydroxylation is 1. The second-order valence-corrected chi connectivity index (χ2v) is 4.10. The van der Waals surface area contributed by atoms with E-state index in [1.54, 1.807) is 0 Å². The van der Waals surface area contributed by atoms with Gasteiger partial charge in [-0.15, -0.1) is 0 Å². The van der Waals surface area contributed by atoms with Crippen LogP contribution in [0.5, 0.6) is 0 Å². The van der Waals surface area contributed by atoms with E-state index in [0.717, 1.165) is 0 Å². The van der Waals surface area contributed by atoms with E-state index in [0.29, 0.717) is 17.8 Å². The van der Waals surface area contributed by atoms with Crippen molar-refractivity contribution in [3.05, 3.63) is 46.5 Å². The average Bonchev–Trinajstić information content (AvgIpc) is 2.77. The van der Waals surface area contributed by atoms with Gasteiger partial charge in [0.1, 0.15) is 11.4 Å². The highest BCUT2D eigenvalue weighted by atomic mass is 35.5. The Bertz CT molecular complexity index is 610. The van der Waals surface area contributed by atoms with Crippen molar-refractivity contribution in [3.8, 4) is 5.69 Å². The summed E-state index contributed by atoms with van der Waals surface area (Å²) in [5, 5.41) is 13.1. The largest absolute Gasteiger partial charge is 0.478 e. The summed E-state index contributed by atoms with van der Waals surface area (Å²) in [4.78, 5) is 11.0. The number of rotatable bonds is 3. The van der Waals surface area contributed by atoms with E-state index in [4.69, 9.17) is 16.7 Å². The maximum atomic E-state index is 13.0. The minimum atomic E-state index is -1.04. The number of aromatic carboxylic acids is 1. The standard InChI is InChI=1S/C12H10ClFN2O2/c1-2-11-8(12(17)18)6-16(15-11)7-3-4-10(14)9(13)5-7/h3-6H,2H2,1H3,(H,17,18). The lowest BCUT2D eigenvalue weighted by Gasteiger charge is -2.02. The highest BCUT2D eigenvalue weighted by Crippen LogP contribution is 2.20. The van der Waals surface area contributed by atoms with Crippen LogP contribution in [0.25, 0.3) is 5.69 Å². The van der Waals surface area contributed by atoms with Gasteiger partial charge in [-0.25, -0.2) is 13.9 Å². The molecule has 0 saturated carbocycles. The van der Waals surface area contributed by atoms with Gasteiger partial charge in [-0.3, -0.25) is 0 Å². The van der Waals surface area contributed by atoms with Crippen molar-refractivity contribution in [2.24, 2.45) is 0 Å². The number of hydrogen-bond acceptors (Lipinski definition) is 2. The summed E-state index contributed by atoms with van der Waals surface area (Å²) in [6, 6.07) is 4.10. The molecule has 1 aromatic heterocycles. The van der Waals surface area contributed by atoms with Crippen molar-refractivity contribution < 1.29 is 14.3 Å². The number of aromatic nitrogens is 2. The summed E-state index contributed by atoms with van der Waals surface area (Å²) in [5.74, 6) is -1.56. The fourth-order valence-corrected chi connectivity index (χ4v) is 1.78. The zero-order valence-corrected chi connectivity index (χ0v) is 10.3. The Morgan fingerprint density at radius 3 is 2.78 bits per heavy atom. The van der Waals surface area contributed by atoms with Crippen LogP contribution in [0.15, 0.2) is 24.4 Å². The number of nitrogens with zero attached hydrogens (tertiary/aromatic N) is 2. The van der Waals surface area contributed by atoms with E-state index in [2.05, 4.69) is 5.10 Å². The van der Waals surface area contributed by atoms with Crippen molar-refractivity contribution in [2.75, 3.05) is 0 Å². The Balaban J connectivity index is 2.50. The van der Waals surface area contributed by atoms with Crippen LogP contribution in [0, 0.1) is 5.82 Å². The van der Waals surface area contributed by atoms with Gasteiger partial charge in [-0.2, -0.15) is 5.10 Å². The van der Waals surface area contributed by atoms with Crippen LogP contribution >= 0.6 is 11.6 Å². The quantitative estimate of drug-likeness (QED) is 0.931. The molecule has 2 aromatic rings. The molecule has 0 amide bonds. The highest BCUT2D eigenvalue weighted by molar-refractivity contribution is 6.30. The number of benzene rings is 1. The summed E-state index contributed by atoms with van der Waals surface area (Å²) >= 11 is 5.67. The van der Waals surface area contributed by atoms with Crippen LogP contribution in [-0.4, -0.2) is 20.9 Å². The Hall–Kier alpha value is -1.88. The van der Waals surface area contributed by atoms with Crippen molar-refractivity contribution >= 4 is 17.6 Å². The number of hydrogen-bond donors (Lipinski definition) is 1. The van der Waals surface area contributed by atoms with Gasteiger partial charge in [0.2, 0.25) is 0 Å². The third-order valence-corrected chi connectivity index (χ3v) is 2.81. The molecule has 0 aliphatic carbocycles. The van der Waals surface area contributed by atoms with Crippen molar-refractivity contribution in [1.82, 2.24) is 9.78 Å². The number of carbonyl (C=O) groups is 1. The molecular weight excluding hydrogens is 259 g/mol. The van der Waals surface area contributed by atoms with Gasteiger partial charge in [0.25, 0.3) is 0 Å². The van der Waals surface area contributed by atoms with E-state index in [1.807, 2.05) is 6.92 Å². The van der Waals surface area contributed by atoms with Gasteiger partial charge in [0.15, 0.2) is 0 Å². The lowest BCUT2D eigenvalue weighted by atomic mass is 10.2. The van der Waals surface area contributed by atoms with Crippen LogP contribution in [0.2, 0.25) is 5.02 Å². The molecule has 0 aliphatic rings. The zero-order valence-electron chi connectivity index (χ0n) is 9.52. The number of halogens is 2. The molecule has 2 rings (SSSR count). The Labute approximate surface area is 108 Å². The van der Waals surface area contributed by atoms with E-state index >= 15 is 0 Å². The van der Waals surface area contributed by atoms with E-state index < -0.39 is 11.8 Å².